The van der Waals surface area contributed by atoms with Crippen molar-refractivity contribution in [2.75, 3.05) is 6.61 Å². The van der Waals surface area contributed by atoms with Gasteiger partial charge in [-0.25, -0.2) is 8.91 Å². The Bertz CT molecular complexity index is 701. The van der Waals surface area contributed by atoms with E-state index in [1.807, 2.05) is 0 Å². The predicted molar refractivity (Wildman–Crippen MR) is 90.4 cm³/mol. The number of benzene rings is 2. The first-order valence-electron chi connectivity index (χ1n) is 6.95. The van der Waals surface area contributed by atoms with Crippen molar-refractivity contribution in [3.8, 4) is 5.75 Å². The van der Waals surface area contributed by atoms with Gasteiger partial charge >= 0.3 is 0 Å². The van der Waals surface area contributed by atoms with Gasteiger partial charge in [0.05, 0.1) is 22.7 Å². The van der Waals surface area contributed by atoms with Gasteiger partial charge < -0.3 is 9.63 Å². The average molecular weight is 375 g/mol. The number of halogens is 2. The first-order valence-corrected chi connectivity index (χ1v) is 8.27. The van der Waals surface area contributed by atoms with E-state index in [-0.39, 0.29) is 17.3 Å². The van der Waals surface area contributed by atoms with Crippen LogP contribution in [0.2, 0.25) is 5.02 Å². The number of nitrogens with zero attached hydrogens (tertiary/aromatic N) is 1. The lowest BCUT2D eigenvalue weighted by Crippen LogP contribution is -2.01. The van der Waals surface area contributed by atoms with E-state index >= 15 is 0 Å². The van der Waals surface area contributed by atoms with Crippen LogP contribution in [0.5, 0.6) is 5.75 Å². The molecule has 0 fully saturated rings. The molecule has 0 aliphatic heterocycles. The van der Waals surface area contributed by atoms with Gasteiger partial charge in [0.15, 0.2) is 5.75 Å². The molecular weight excluding hydrogens is 360 g/mol. The number of hydrogen-bond donors (Lipinski definition) is 1. The Morgan fingerprint density at radius 3 is 2.62 bits per heavy atom. The maximum Gasteiger partial charge on any atom is 0.295 e. The van der Waals surface area contributed by atoms with Crippen molar-refractivity contribution in [1.82, 2.24) is 0 Å². The molecule has 0 saturated heterocycles. The second kappa shape index (κ2) is 8.89. The van der Waals surface area contributed by atoms with E-state index in [0.717, 1.165) is 0 Å². The number of non-ortho nitro benzene ring substituents is 1. The molecule has 0 aliphatic rings. The Kier molecular flexibility index (Phi) is 6.87. The second-order valence-corrected chi connectivity index (χ2v) is 5.98. The van der Waals surface area contributed by atoms with E-state index in [1.165, 1.54) is 42.5 Å². The lowest BCUT2D eigenvalue weighted by Gasteiger charge is -2.10. The van der Waals surface area contributed by atoms with E-state index in [4.69, 9.17) is 20.6 Å². The summed E-state index contributed by atoms with van der Waals surface area (Å²) in [6, 6.07) is 9.71. The zero-order chi connectivity index (χ0) is 17.5. The molecule has 2 aromatic rings. The Morgan fingerprint density at radius 1 is 1.29 bits per heavy atom. The molecule has 0 amide bonds. The number of aliphatic hydroxyl groups is 1. The molecule has 2 aromatic carbocycles. The summed E-state index contributed by atoms with van der Waals surface area (Å²) < 4.78 is 23.7. The molecule has 2 rings (SSSR count). The van der Waals surface area contributed by atoms with Crippen molar-refractivity contribution in [2.24, 2.45) is 0 Å². The molecular formula is C15H15ClFNO5P+. The number of aliphatic hydroxyl groups excluding tert-OH is 1. The quantitative estimate of drug-likeness (QED) is 0.325. The van der Waals surface area contributed by atoms with Gasteiger partial charge in [-0.1, -0.05) is 17.7 Å². The summed E-state index contributed by atoms with van der Waals surface area (Å²) in [6.07, 6.45) is -0.514. The van der Waals surface area contributed by atoms with Gasteiger partial charge in [0, 0.05) is 18.6 Å². The summed E-state index contributed by atoms with van der Waals surface area (Å²) in [5.41, 5.74) is 0.496. The zero-order valence-corrected chi connectivity index (χ0v) is 14.3. The molecule has 0 aromatic heterocycles. The first kappa shape index (κ1) is 18.5. The molecule has 128 valence electrons. The number of nitro benzene ring substituents is 1. The number of rotatable bonds is 8. The van der Waals surface area contributed by atoms with Crippen LogP contribution >= 0.6 is 20.6 Å². The van der Waals surface area contributed by atoms with Crippen LogP contribution in [0, 0.1) is 15.9 Å². The van der Waals surface area contributed by atoms with E-state index < -0.39 is 25.9 Å². The Morgan fingerprint density at radius 2 is 2.00 bits per heavy atom. The molecule has 0 aliphatic carbocycles. The number of hydrogen-bond acceptors (Lipinski definition) is 5. The summed E-state index contributed by atoms with van der Waals surface area (Å²) in [5, 5.41) is 20.5. The van der Waals surface area contributed by atoms with E-state index in [2.05, 4.69) is 0 Å². The SMILES string of the molecule is O=[N+]([O-])c1ccc(O[PH2+]OCCC(O)c2ccc(F)c(Cl)c2)cc1. The van der Waals surface area contributed by atoms with E-state index in [1.54, 1.807) is 0 Å². The Hall–Kier alpha value is -1.79. The van der Waals surface area contributed by atoms with Crippen LogP contribution in [-0.2, 0) is 4.52 Å². The van der Waals surface area contributed by atoms with Gasteiger partial charge in [0.25, 0.3) is 14.7 Å². The molecule has 9 heteroatoms. The fourth-order valence-electron chi connectivity index (χ4n) is 1.85. The molecule has 2 unspecified atom stereocenters. The molecule has 0 spiro atoms. The van der Waals surface area contributed by atoms with Gasteiger partial charge in [-0.15, -0.1) is 0 Å². The van der Waals surface area contributed by atoms with Crippen molar-refractivity contribution < 1.29 is 23.5 Å². The van der Waals surface area contributed by atoms with Crippen molar-refractivity contribution in [3.05, 3.63) is 69.0 Å². The summed E-state index contributed by atoms with van der Waals surface area (Å²) in [5.74, 6) is -0.0636. The maximum absolute atomic E-state index is 13.1. The highest BCUT2D eigenvalue weighted by atomic mass is 35.5. The minimum absolute atomic E-state index is 0.0145. The van der Waals surface area contributed by atoms with Crippen LogP contribution < -0.4 is 4.52 Å². The smallest absolute Gasteiger partial charge is 0.295 e. The van der Waals surface area contributed by atoms with Crippen molar-refractivity contribution in [2.45, 2.75) is 12.5 Å². The highest BCUT2D eigenvalue weighted by Crippen LogP contribution is 2.26. The van der Waals surface area contributed by atoms with Crippen LogP contribution in [0.1, 0.15) is 18.1 Å². The highest BCUT2D eigenvalue weighted by molar-refractivity contribution is 7.26. The van der Waals surface area contributed by atoms with Crippen LogP contribution in [0.4, 0.5) is 10.1 Å². The molecule has 0 saturated carbocycles. The molecule has 6 nitrogen and oxygen atoms in total. The molecule has 1 N–H and O–H groups in total. The molecule has 2 atom stereocenters. The standard InChI is InChI=1S/C15H15ClFNO5P/c16-13-9-10(1-6-14(13)17)15(19)7-8-22-24-23-12-4-2-11(3-5-12)18(20)21/h1-6,9,15,19H,7-8,24H2/q+1. The number of nitro groups is 1. The van der Waals surface area contributed by atoms with Crippen LogP contribution in [0.25, 0.3) is 0 Å². The minimum Gasteiger partial charge on any atom is -0.388 e. The Balaban J connectivity index is 1.70. The first-order chi connectivity index (χ1) is 11.5. The third-order valence-electron chi connectivity index (χ3n) is 3.14. The molecule has 0 radical (unpaired) electrons. The van der Waals surface area contributed by atoms with Gasteiger partial charge in [0.2, 0.25) is 0 Å². The third kappa shape index (κ3) is 5.39. The lowest BCUT2D eigenvalue weighted by atomic mass is 10.1. The summed E-state index contributed by atoms with van der Waals surface area (Å²) in [4.78, 5) is 10.0. The maximum atomic E-state index is 13.1. The molecule has 0 bridgehead atoms. The predicted octanol–water partition coefficient (Wildman–Crippen LogP) is 4.15. The zero-order valence-electron chi connectivity index (χ0n) is 12.4. The normalized spacial score (nSPS) is 12.5. The summed E-state index contributed by atoms with van der Waals surface area (Å²) >= 11 is 5.66. The molecule has 24 heavy (non-hydrogen) atoms. The third-order valence-corrected chi connectivity index (χ3v) is 4.17. The largest absolute Gasteiger partial charge is 0.388 e. The lowest BCUT2D eigenvalue weighted by molar-refractivity contribution is -0.384. The van der Waals surface area contributed by atoms with Crippen LogP contribution in [0.15, 0.2) is 42.5 Å². The van der Waals surface area contributed by atoms with Crippen molar-refractivity contribution >= 4 is 26.3 Å². The van der Waals surface area contributed by atoms with E-state index in [0.29, 0.717) is 17.7 Å². The van der Waals surface area contributed by atoms with Gasteiger partial charge in [-0.2, -0.15) is 0 Å². The van der Waals surface area contributed by atoms with Gasteiger partial charge in [0.1, 0.15) is 5.82 Å². The van der Waals surface area contributed by atoms with Gasteiger partial charge in [-0.05, 0) is 29.8 Å². The van der Waals surface area contributed by atoms with Crippen molar-refractivity contribution in [3.63, 3.8) is 0 Å². The molecule has 0 heterocycles. The van der Waals surface area contributed by atoms with E-state index in [9.17, 15) is 19.6 Å². The van der Waals surface area contributed by atoms with Crippen molar-refractivity contribution in [1.29, 1.82) is 0 Å². The van der Waals surface area contributed by atoms with Crippen LogP contribution in [0.3, 0.4) is 0 Å². The van der Waals surface area contributed by atoms with Crippen LogP contribution in [-0.4, -0.2) is 16.6 Å². The topological polar surface area (TPSA) is 81.8 Å². The fourth-order valence-corrected chi connectivity index (χ4v) is 2.61. The van der Waals surface area contributed by atoms with Gasteiger partial charge in [-0.3, -0.25) is 10.1 Å². The average Bonchev–Trinajstić information content (AvgIpc) is 2.57. The minimum atomic E-state index is -0.818. The summed E-state index contributed by atoms with van der Waals surface area (Å²) in [7, 11) is -0.818. The Labute approximate surface area is 144 Å². The highest BCUT2D eigenvalue weighted by Gasteiger charge is 2.11. The fraction of sp³-hybridized carbons (Fsp3) is 0.200. The summed E-state index contributed by atoms with van der Waals surface area (Å²) in [6.45, 7) is 0.248. The monoisotopic (exact) mass is 374 g/mol. The second-order valence-electron chi connectivity index (χ2n) is 4.81.